The molecule has 1 aromatic carbocycles. The Morgan fingerprint density at radius 3 is 2.79 bits per heavy atom. The first-order valence-corrected chi connectivity index (χ1v) is 10.2. The van der Waals surface area contributed by atoms with Gasteiger partial charge in [-0.15, -0.1) is 5.10 Å². The molecule has 0 aliphatic carbocycles. The van der Waals surface area contributed by atoms with Crippen LogP contribution >= 0.6 is 11.8 Å². The Hall–Kier alpha value is -3.13. The van der Waals surface area contributed by atoms with Gasteiger partial charge in [0.1, 0.15) is 5.76 Å². The maximum absolute atomic E-state index is 13.0. The maximum Gasteiger partial charge on any atom is 0.254 e. The standard InChI is InChI=1S/C21H21N5O2S/c1-14-11-15(2)26-20(22-14)23-21(24-26)29-13-16-7-4-5-9-18(16)19(27)25(3)12-17-8-6-10-28-17/h4-11H,12-13H2,1-3H3. The number of rotatable bonds is 6. The highest BCUT2D eigenvalue weighted by molar-refractivity contribution is 7.98. The molecule has 0 radical (unpaired) electrons. The number of nitrogens with zero attached hydrogens (tertiary/aromatic N) is 5. The fourth-order valence-electron chi connectivity index (χ4n) is 3.12. The van der Waals surface area contributed by atoms with Gasteiger partial charge in [-0.3, -0.25) is 4.79 Å². The van der Waals surface area contributed by atoms with Gasteiger partial charge < -0.3 is 9.32 Å². The lowest BCUT2D eigenvalue weighted by molar-refractivity contribution is 0.0774. The van der Waals surface area contributed by atoms with Crippen LogP contribution in [0.15, 0.2) is 58.3 Å². The number of fused-ring (bicyclic) bond motifs is 1. The third-order valence-corrected chi connectivity index (χ3v) is 5.41. The first kappa shape index (κ1) is 19.2. The van der Waals surface area contributed by atoms with E-state index in [9.17, 15) is 4.79 Å². The van der Waals surface area contributed by atoms with Crippen LogP contribution in [0, 0.1) is 13.8 Å². The van der Waals surface area contributed by atoms with Gasteiger partial charge in [-0.2, -0.15) is 4.98 Å². The molecule has 0 fully saturated rings. The van der Waals surface area contributed by atoms with Gasteiger partial charge in [-0.25, -0.2) is 9.50 Å². The van der Waals surface area contributed by atoms with E-state index in [-0.39, 0.29) is 5.91 Å². The van der Waals surface area contributed by atoms with E-state index >= 15 is 0 Å². The summed E-state index contributed by atoms with van der Waals surface area (Å²) >= 11 is 1.49. The molecule has 4 rings (SSSR count). The lowest BCUT2D eigenvalue weighted by atomic mass is 10.1. The minimum atomic E-state index is -0.0475. The van der Waals surface area contributed by atoms with E-state index in [1.165, 1.54) is 11.8 Å². The Morgan fingerprint density at radius 2 is 2.00 bits per heavy atom. The van der Waals surface area contributed by atoms with Gasteiger partial charge >= 0.3 is 0 Å². The zero-order chi connectivity index (χ0) is 20.4. The second-order valence-corrected chi connectivity index (χ2v) is 7.77. The van der Waals surface area contributed by atoms with Crippen LogP contribution in [0.4, 0.5) is 0 Å². The Bertz CT molecular complexity index is 1150. The van der Waals surface area contributed by atoms with Crippen LogP contribution in [0.25, 0.3) is 5.78 Å². The molecule has 8 heteroatoms. The monoisotopic (exact) mass is 407 g/mol. The molecular weight excluding hydrogens is 386 g/mol. The van der Waals surface area contributed by atoms with Crippen molar-refractivity contribution in [2.45, 2.75) is 31.3 Å². The summed E-state index contributed by atoms with van der Waals surface area (Å²) in [6.45, 7) is 4.34. The average Bonchev–Trinajstić information content (AvgIpc) is 3.35. The van der Waals surface area contributed by atoms with Gasteiger partial charge in [0.15, 0.2) is 0 Å². The average molecular weight is 407 g/mol. The molecule has 148 valence electrons. The molecule has 4 aromatic rings. The van der Waals surface area contributed by atoms with Crippen LogP contribution in [0.1, 0.15) is 33.1 Å². The van der Waals surface area contributed by atoms with Gasteiger partial charge in [-0.05, 0) is 43.7 Å². The number of hydrogen-bond donors (Lipinski definition) is 0. The molecule has 3 aromatic heterocycles. The highest BCUT2D eigenvalue weighted by Crippen LogP contribution is 2.23. The molecule has 0 aliphatic heterocycles. The van der Waals surface area contributed by atoms with Crippen LogP contribution in [0.3, 0.4) is 0 Å². The molecule has 3 heterocycles. The van der Waals surface area contributed by atoms with Crippen LogP contribution < -0.4 is 0 Å². The summed E-state index contributed by atoms with van der Waals surface area (Å²) in [6, 6.07) is 13.3. The lowest BCUT2D eigenvalue weighted by Gasteiger charge is -2.17. The topological polar surface area (TPSA) is 76.5 Å². The molecule has 29 heavy (non-hydrogen) atoms. The summed E-state index contributed by atoms with van der Waals surface area (Å²) in [5, 5.41) is 5.16. The second-order valence-electron chi connectivity index (χ2n) is 6.83. The normalized spacial score (nSPS) is 11.1. The molecule has 7 nitrogen and oxygen atoms in total. The van der Waals surface area contributed by atoms with Crippen molar-refractivity contribution >= 4 is 23.4 Å². The summed E-state index contributed by atoms with van der Waals surface area (Å²) in [5.41, 5.74) is 3.51. The van der Waals surface area contributed by atoms with Crippen molar-refractivity contribution in [3.8, 4) is 0 Å². The summed E-state index contributed by atoms with van der Waals surface area (Å²) in [4.78, 5) is 23.5. The number of carbonyl (C=O) groups is 1. The molecule has 0 spiro atoms. The Labute approximate surface area is 172 Å². The zero-order valence-electron chi connectivity index (χ0n) is 16.5. The Morgan fingerprint density at radius 1 is 1.17 bits per heavy atom. The van der Waals surface area contributed by atoms with Gasteiger partial charge in [-0.1, -0.05) is 30.0 Å². The highest BCUT2D eigenvalue weighted by Gasteiger charge is 2.17. The third kappa shape index (κ3) is 4.17. The molecule has 0 saturated heterocycles. The van der Waals surface area contributed by atoms with Crippen molar-refractivity contribution in [1.29, 1.82) is 0 Å². The number of carbonyl (C=O) groups excluding carboxylic acids is 1. The lowest BCUT2D eigenvalue weighted by Crippen LogP contribution is -2.26. The predicted molar refractivity (Wildman–Crippen MR) is 111 cm³/mol. The van der Waals surface area contributed by atoms with Crippen LogP contribution in [0.2, 0.25) is 0 Å². The van der Waals surface area contributed by atoms with Crippen molar-refractivity contribution in [2.24, 2.45) is 0 Å². The number of aromatic nitrogens is 4. The maximum atomic E-state index is 13.0. The molecule has 0 atom stereocenters. The number of amides is 1. The Kier molecular flexibility index (Phi) is 5.35. The minimum Gasteiger partial charge on any atom is -0.467 e. The van der Waals surface area contributed by atoms with Crippen molar-refractivity contribution in [3.05, 3.63) is 77.0 Å². The fourth-order valence-corrected chi connectivity index (χ4v) is 3.94. The molecule has 0 N–H and O–H groups in total. The molecule has 1 amide bonds. The van der Waals surface area contributed by atoms with Gasteiger partial charge in [0, 0.05) is 29.8 Å². The molecule has 0 unspecified atom stereocenters. The van der Waals surface area contributed by atoms with E-state index in [2.05, 4.69) is 15.1 Å². The SMILES string of the molecule is Cc1cc(C)n2nc(SCc3ccccc3C(=O)N(C)Cc3ccco3)nc2n1. The van der Waals surface area contributed by atoms with Gasteiger partial charge in [0.2, 0.25) is 5.16 Å². The smallest absolute Gasteiger partial charge is 0.254 e. The van der Waals surface area contributed by atoms with Gasteiger partial charge in [0.05, 0.1) is 12.8 Å². The number of furan rings is 1. The van der Waals surface area contributed by atoms with E-state index in [1.807, 2.05) is 56.3 Å². The Balaban J connectivity index is 1.51. The van der Waals surface area contributed by atoms with Crippen molar-refractivity contribution < 1.29 is 9.21 Å². The predicted octanol–water partition coefficient (Wildman–Crippen LogP) is 3.90. The van der Waals surface area contributed by atoms with E-state index in [0.29, 0.717) is 28.8 Å². The van der Waals surface area contributed by atoms with E-state index in [0.717, 1.165) is 22.7 Å². The summed E-state index contributed by atoms with van der Waals surface area (Å²) < 4.78 is 7.09. The molecule has 0 bridgehead atoms. The van der Waals surface area contributed by atoms with E-state index in [1.54, 1.807) is 22.7 Å². The first-order valence-electron chi connectivity index (χ1n) is 9.21. The summed E-state index contributed by atoms with van der Waals surface area (Å²) in [6.07, 6.45) is 1.61. The number of thioether (sulfide) groups is 1. The summed E-state index contributed by atoms with van der Waals surface area (Å²) in [7, 11) is 1.77. The fraction of sp³-hybridized carbons (Fsp3) is 0.238. The van der Waals surface area contributed by atoms with Crippen molar-refractivity contribution in [3.63, 3.8) is 0 Å². The van der Waals surface area contributed by atoms with Crippen molar-refractivity contribution in [2.75, 3.05) is 7.05 Å². The van der Waals surface area contributed by atoms with E-state index in [4.69, 9.17) is 4.42 Å². The van der Waals surface area contributed by atoms with Crippen molar-refractivity contribution in [1.82, 2.24) is 24.5 Å². The molecule has 0 aliphatic rings. The minimum absolute atomic E-state index is 0.0475. The van der Waals surface area contributed by atoms with E-state index < -0.39 is 0 Å². The quantitative estimate of drug-likeness (QED) is 0.451. The number of benzene rings is 1. The summed E-state index contributed by atoms with van der Waals surface area (Å²) in [5.74, 6) is 1.88. The van der Waals surface area contributed by atoms with Gasteiger partial charge in [0.25, 0.3) is 11.7 Å². The van der Waals surface area contributed by atoms with Crippen LogP contribution in [-0.2, 0) is 12.3 Å². The molecule has 0 saturated carbocycles. The highest BCUT2D eigenvalue weighted by atomic mass is 32.2. The van der Waals surface area contributed by atoms with Crippen LogP contribution in [0.5, 0.6) is 0 Å². The van der Waals surface area contributed by atoms with Crippen LogP contribution in [-0.4, -0.2) is 37.4 Å². The number of aryl methyl sites for hydroxylation is 2. The largest absolute Gasteiger partial charge is 0.467 e. The first-order chi connectivity index (χ1) is 14.0. The third-order valence-electron chi connectivity index (χ3n) is 4.52. The molecular formula is C21H21N5O2S. The number of hydrogen-bond acceptors (Lipinski definition) is 6. The second kappa shape index (κ2) is 8.08. The zero-order valence-corrected chi connectivity index (χ0v) is 17.3.